The molecule has 2 aliphatic heterocycles. The van der Waals surface area contributed by atoms with Crippen molar-refractivity contribution >= 4 is 38.9 Å². The number of hydrogen-bond acceptors (Lipinski definition) is 8. The van der Waals surface area contributed by atoms with Gasteiger partial charge in [-0.25, -0.2) is 13.2 Å². The smallest absolute Gasteiger partial charge is 0.348 e. The fourth-order valence-corrected chi connectivity index (χ4v) is 8.75. The van der Waals surface area contributed by atoms with Crippen molar-refractivity contribution in [1.29, 1.82) is 0 Å². The molecule has 3 aromatic rings. The molecule has 1 amide bonds. The van der Waals surface area contributed by atoms with Crippen molar-refractivity contribution in [3.8, 4) is 5.75 Å². The van der Waals surface area contributed by atoms with Crippen molar-refractivity contribution in [3.05, 3.63) is 76.7 Å². The van der Waals surface area contributed by atoms with Crippen molar-refractivity contribution < 1.29 is 27.5 Å². The molecule has 0 saturated carbocycles. The molecule has 0 unspecified atom stereocenters. The molecule has 2 fully saturated rings. The van der Waals surface area contributed by atoms with E-state index in [0.29, 0.717) is 31.7 Å². The van der Waals surface area contributed by atoms with E-state index in [2.05, 4.69) is 4.90 Å². The fraction of sp³-hybridized carbons (Fsp3) is 0.379. The number of aryl methyl sites for hydroxylation is 1. The number of nitrogens with zero attached hydrogens (tertiary/aromatic N) is 3. The molecule has 0 spiro atoms. The largest absolute Gasteiger partial charge is 0.497 e. The Bertz CT molecular complexity index is 1470. The first-order valence-corrected chi connectivity index (χ1v) is 15.4. The van der Waals surface area contributed by atoms with Gasteiger partial charge in [0.15, 0.2) is 0 Å². The predicted molar refractivity (Wildman–Crippen MR) is 154 cm³/mol. The number of piperazine rings is 1. The van der Waals surface area contributed by atoms with E-state index in [0.717, 1.165) is 28.3 Å². The van der Waals surface area contributed by atoms with E-state index >= 15 is 0 Å². The number of rotatable bonds is 7. The van der Waals surface area contributed by atoms with Gasteiger partial charge in [-0.1, -0.05) is 30.3 Å². The lowest BCUT2D eigenvalue weighted by atomic mass is 9.88. The predicted octanol–water partition coefficient (Wildman–Crippen LogP) is 3.60. The average molecular weight is 584 g/mol. The summed E-state index contributed by atoms with van der Waals surface area (Å²) in [4.78, 5) is 30.3. The van der Waals surface area contributed by atoms with Crippen LogP contribution in [-0.4, -0.2) is 83.0 Å². The topological polar surface area (TPSA) is 96.5 Å². The first-order chi connectivity index (χ1) is 19.2. The maximum atomic E-state index is 13.9. The zero-order valence-corrected chi connectivity index (χ0v) is 24.4. The first-order valence-electron chi connectivity index (χ1n) is 13.1. The summed E-state index contributed by atoms with van der Waals surface area (Å²) in [5.41, 5.74) is 2.51. The van der Waals surface area contributed by atoms with E-state index < -0.39 is 21.9 Å². The number of esters is 1. The number of carbonyl (C=O) groups excluding carboxylic acids is 2. The lowest BCUT2D eigenvalue weighted by Gasteiger charge is -2.38. The second-order valence-electron chi connectivity index (χ2n) is 10.0. The summed E-state index contributed by atoms with van der Waals surface area (Å²) in [7, 11) is -1.02. The standard InChI is InChI=1S/C29H33N3O6S2/c1-20-17-26(28(34)38-3)39-29(20)40(35,36)32-18-24(21-7-5-4-6-8-21)25(19-32)27(33)31-15-13-30(14-16-31)22-9-11-23(37-2)12-10-22/h4-12,17,24-25H,13-16,18-19H2,1-3H3/t24-,25+/m0/s1. The Balaban J connectivity index is 1.35. The van der Waals surface area contributed by atoms with Gasteiger partial charge in [0.2, 0.25) is 5.91 Å². The van der Waals surface area contributed by atoms with Crippen molar-refractivity contribution in [2.75, 3.05) is 58.4 Å². The molecular formula is C29H33N3O6S2. The number of sulfonamides is 1. The summed E-state index contributed by atoms with van der Waals surface area (Å²) >= 11 is 0.908. The van der Waals surface area contributed by atoms with Crippen LogP contribution in [0.3, 0.4) is 0 Å². The Morgan fingerprint density at radius 1 is 0.925 bits per heavy atom. The molecule has 0 radical (unpaired) electrons. The van der Waals surface area contributed by atoms with Gasteiger partial charge in [-0.2, -0.15) is 4.31 Å². The number of thiophene rings is 1. The van der Waals surface area contributed by atoms with Gasteiger partial charge < -0.3 is 19.3 Å². The molecule has 0 aliphatic carbocycles. The summed E-state index contributed by atoms with van der Waals surface area (Å²) in [6, 6.07) is 19.1. The Morgan fingerprint density at radius 3 is 2.23 bits per heavy atom. The third-order valence-electron chi connectivity index (χ3n) is 7.69. The van der Waals surface area contributed by atoms with Crippen LogP contribution < -0.4 is 9.64 Å². The van der Waals surface area contributed by atoms with Gasteiger partial charge in [0.1, 0.15) is 14.8 Å². The molecule has 0 N–H and O–H groups in total. The highest BCUT2D eigenvalue weighted by Gasteiger charge is 2.46. The van der Waals surface area contributed by atoms with Crippen LogP contribution in [0.2, 0.25) is 0 Å². The van der Waals surface area contributed by atoms with Crippen molar-refractivity contribution in [2.45, 2.75) is 17.1 Å². The molecule has 2 atom stereocenters. The molecule has 212 valence electrons. The zero-order valence-electron chi connectivity index (χ0n) is 22.8. The molecule has 9 nitrogen and oxygen atoms in total. The van der Waals surface area contributed by atoms with Gasteiger partial charge in [0, 0.05) is 50.9 Å². The minimum absolute atomic E-state index is 0.0286. The van der Waals surface area contributed by atoms with Gasteiger partial charge in [0.25, 0.3) is 10.0 Å². The molecule has 2 aromatic carbocycles. The third kappa shape index (κ3) is 5.45. The molecule has 11 heteroatoms. The summed E-state index contributed by atoms with van der Waals surface area (Å²) < 4.78 is 39.1. The van der Waals surface area contributed by atoms with E-state index in [1.807, 2.05) is 59.5 Å². The van der Waals surface area contributed by atoms with E-state index in [-0.39, 0.29) is 34.0 Å². The van der Waals surface area contributed by atoms with E-state index in [1.54, 1.807) is 20.1 Å². The van der Waals surface area contributed by atoms with Gasteiger partial charge in [-0.05, 0) is 48.4 Å². The summed E-state index contributed by atoms with van der Waals surface area (Å²) in [6.07, 6.45) is 0. The quantitative estimate of drug-likeness (QED) is 0.392. The average Bonchev–Trinajstić information content (AvgIpc) is 3.62. The Labute approximate surface area is 239 Å². The maximum absolute atomic E-state index is 13.9. The summed E-state index contributed by atoms with van der Waals surface area (Å²) in [5.74, 6) is -0.586. The number of anilines is 1. The summed E-state index contributed by atoms with van der Waals surface area (Å²) in [6.45, 7) is 4.45. The summed E-state index contributed by atoms with van der Waals surface area (Å²) in [5, 5.41) is 0. The second-order valence-corrected chi connectivity index (χ2v) is 13.2. The van der Waals surface area contributed by atoms with Crippen LogP contribution in [0.5, 0.6) is 5.75 Å². The number of benzene rings is 2. The molecule has 5 rings (SSSR count). The van der Waals surface area contributed by atoms with Gasteiger partial charge in [-0.15, -0.1) is 11.3 Å². The number of amides is 1. The molecular weight excluding hydrogens is 550 g/mol. The monoisotopic (exact) mass is 583 g/mol. The maximum Gasteiger partial charge on any atom is 0.348 e. The minimum atomic E-state index is -3.92. The molecule has 2 saturated heterocycles. The molecule has 2 aliphatic rings. The van der Waals surface area contributed by atoms with Crippen molar-refractivity contribution in [1.82, 2.24) is 9.21 Å². The molecule has 40 heavy (non-hydrogen) atoms. The van der Waals surface area contributed by atoms with E-state index in [4.69, 9.17) is 9.47 Å². The van der Waals surface area contributed by atoms with E-state index in [9.17, 15) is 18.0 Å². The van der Waals surface area contributed by atoms with Crippen molar-refractivity contribution in [2.24, 2.45) is 5.92 Å². The van der Waals surface area contributed by atoms with Gasteiger partial charge in [-0.3, -0.25) is 4.79 Å². The molecule has 1 aromatic heterocycles. The zero-order chi connectivity index (χ0) is 28.4. The number of carbonyl (C=O) groups is 2. The van der Waals surface area contributed by atoms with Crippen LogP contribution in [0, 0.1) is 12.8 Å². The normalized spacial score (nSPS) is 20.0. The Hall–Kier alpha value is -3.41. The number of ether oxygens (including phenoxy) is 2. The van der Waals surface area contributed by atoms with Crippen LogP contribution in [0.15, 0.2) is 64.9 Å². The van der Waals surface area contributed by atoms with Crippen LogP contribution in [-0.2, 0) is 19.6 Å². The number of hydrogen-bond donors (Lipinski definition) is 0. The minimum Gasteiger partial charge on any atom is -0.497 e. The van der Waals surface area contributed by atoms with Crippen LogP contribution in [0.4, 0.5) is 5.69 Å². The lowest BCUT2D eigenvalue weighted by molar-refractivity contribution is -0.135. The highest BCUT2D eigenvalue weighted by Crippen LogP contribution is 2.39. The first kappa shape index (κ1) is 28.1. The van der Waals surface area contributed by atoms with Crippen molar-refractivity contribution in [3.63, 3.8) is 0 Å². The SMILES string of the molecule is COC(=O)c1cc(C)c(S(=O)(=O)N2C[C@@H](C(=O)N3CCN(c4ccc(OC)cc4)CC3)[C@H](c3ccccc3)C2)s1. The molecule has 3 heterocycles. The third-order valence-corrected chi connectivity index (χ3v) is 11.4. The second kappa shape index (κ2) is 11.6. The molecule has 0 bridgehead atoms. The van der Waals surface area contributed by atoms with Crippen LogP contribution in [0.25, 0.3) is 0 Å². The lowest BCUT2D eigenvalue weighted by Crippen LogP contribution is -2.51. The van der Waals surface area contributed by atoms with Gasteiger partial charge in [0.05, 0.1) is 20.1 Å². The van der Waals surface area contributed by atoms with E-state index in [1.165, 1.54) is 11.4 Å². The highest BCUT2D eigenvalue weighted by molar-refractivity contribution is 7.91. The van der Waals surface area contributed by atoms with Crippen LogP contribution in [0.1, 0.15) is 26.7 Å². The Morgan fingerprint density at radius 2 is 1.60 bits per heavy atom. The van der Waals surface area contributed by atoms with Gasteiger partial charge >= 0.3 is 5.97 Å². The van der Waals surface area contributed by atoms with Crippen LogP contribution >= 0.6 is 11.3 Å². The number of methoxy groups -OCH3 is 2. The Kier molecular flexibility index (Phi) is 8.16. The fourth-order valence-electron chi connectivity index (χ4n) is 5.50. The highest BCUT2D eigenvalue weighted by atomic mass is 32.2.